The van der Waals surface area contributed by atoms with Crippen LogP contribution in [0.2, 0.25) is 0 Å². The first-order valence-electron chi connectivity index (χ1n) is 12.0. The van der Waals surface area contributed by atoms with E-state index in [2.05, 4.69) is 9.97 Å². The number of hydrogen-bond acceptors (Lipinski definition) is 8. The number of rotatable bonds is 9. The zero-order valence-corrected chi connectivity index (χ0v) is 20.2. The average molecular weight is 498 g/mol. The molecule has 0 saturated carbocycles. The first-order valence-corrected chi connectivity index (χ1v) is 12.0. The highest BCUT2D eigenvalue weighted by molar-refractivity contribution is 6.13. The van der Waals surface area contributed by atoms with Crippen molar-refractivity contribution in [2.75, 3.05) is 19.8 Å². The number of nitrogens with zero attached hydrogens (tertiary/aromatic N) is 5. The fraction of sp³-hybridized carbons (Fsp3) is 0.214. The summed E-state index contributed by atoms with van der Waals surface area (Å²) in [6.07, 6.45) is 3.46. The number of aliphatic hydroxyl groups is 1. The molecule has 0 saturated heterocycles. The van der Waals surface area contributed by atoms with Crippen LogP contribution >= 0.6 is 0 Å². The summed E-state index contributed by atoms with van der Waals surface area (Å²) in [5.41, 5.74) is 1.65. The number of ether oxygens (including phenoxy) is 1. The van der Waals surface area contributed by atoms with E-state index in [1.165, 1.54) is 4.57 Å². The van der Waals surface area contributed by atoms with Crippen LogP contribution in [0, 0.1) is 0 Å². The summed E-state index contributed by atoms with van der Waals surface area (Å²) in [7, 11) is 0. The molecule has 2 aromatic carbocycles. The van der Waals surface area contributed by atoms with E-state index in [0.29, 0.717) is 40.0 Å². The van der Waals surface area contributed by atoms with Gasteiger partial charge in [0.1, 0.15) is 0 Å². The normalized spacial score (nSPS) is 12.7. The summed E-state index contributed by atoms with van der Waals surface area (Å²) in [5, 5.41) is 35.1. The minimum absolute atomic E-state index is 0.0826. The fourth-order valence-corrected chi connectivity index (χ4v) is 4.34. The smallest absolute Gasteiger partial charge is 0.201 e. The number of aliphatic hydroxyl groups excluding tert-OH is 1. The Balaban J connectivity index is 1.71. The Hall–Kier alpha value is -4.34. The summed E-state index contributed by atoms with van der Waals surface area (Å²) >= 11 is 0. The van der Waals surface area contributed by atoms with Gasteiger partial charge in [-0.2, -0.15) is 0 Å². The van der Waals surface area contributed by atoms with E-state index in [-0.39, 0.29) is 38.1 Å². The highest BCUT2D eigenvalue weighted by Gasteiger charge is 2.18. The quantitative estimate of drug-likeness (QED) is 0.269. The molecular formula is C28H27N5O4. The van der Waals surface area contributed by atoms with Crippen LogP contribution in [0.15, 0.2) is 83.0 Å². The Morgan fingerprint density at radius 3 is 1.76 bits per heavy atom. The van der Waals surface area contributed by atoms with Gasteiger partial charge in [-0.1, -0.05) is 12.1 Å². The molecule has 0 aliphatic carbocycles. The highest BCUT2D eigenvalue weighted by Crippen LogP contribution is 2.36. The van der Waals surface area contributed by atoms with Crippen LogP contribution in [0.5, 0.6) is 11.8 Å². The van der Waals surface area contributed by atoms with E-state index in [1.807, 2.05) is 48.5 Å². The van der Waals surface area contributed by atoms with E-state index in [9.17, 15) is 10.2 Å². The van der Waals surface area contributed by atoms with Gasteiger partial charge in [0.15, 0.2) is 0 Å². The molecule has 3 heterocycles. The van der Waals surface area contributed by atoms with Crippen LogP contribution in [-0.4, -0.2) is 49.7 Å². The lowest BCUT2D eigenvalue weighted by atomic mass is 10.0. The second-order valence-electron chi connectivity index (χ2n) is 8.42. The van der Waals surface area contributed by atoms with Crippen molar-refractivity contribution < 1.29 is 20.1 Å². The maximum atomic E-state index is 11.1. The second kappa shape index (κ2) is 11.2. The van der Waals surface area contributed by atoms with Crippen molar-refractivity contribution in [1.29, 1.82) is 0 Å². The Kier molecular flexibility index (Phi) is 7.34. The van der Waals surface area contributed by atoms with Gasteiger partial charge in [0.25, 0.3) is 0 Å². The van der Waals surface area contributed by atoms with Gasteiger partial charge < -0.3 is 20.1 Å². The molecule has 5 aromatic rings. The van der Waals surface area contributed by atoms with Gasteiger partial charge in [0.05, 0.1) is 61.6 Å². The van der Waals surface area contributed by atoms with Crippen molar-refractivity contribution in [1.82, 2.24) is 14.5 Å². The van der Waals surface area contributed by atoms with Gasteiger partial charge in [-0.15, -0.1) is 0 Å². The standard InChI is InChI=1S/C28H27N5O4/c34-14-16-37-15-13-33-27(35)21-7-9-23(31-17-19-5-1-3-11-29-19)26-24(10-8-22(25(21)26)28(33)36)32-18-20-6-2-4-12-30-20/h1-12,34-36H,13-18H2. The van der Waals surface area contributed by atoms with Crippen LogP contribution in [0.4, 0.5) is 0 Å². The van der Waals surface area contributed by atoms with E-state index < -0.39 is 0 Å². The van der Waals surface area contributed by atoms with Crippen molar-refractivity contribution in [2.45, 2.75) is 19.6 Å². The Morgan fingerprint density at radius 2 is 1.27 bits per heavy atom. The summed E-state index contributed by atoms with van der Waals surface area (Å²) in [5.74, 6) is -0.165. The van der Waals surface area contributed by atoms with Gasteiger partial charge in [-0.05, 0) is 48.5 Å². The van der Waals surface area contributed by atoms with Crippen molar-refractivity contribution in [3.05, 3.63) is 95.2 Å². The summed E-state index contributed by atoms with van der Waals surface area (Å²) in [6, 6.07) is 18.7. The van der Waals surface area contributed by atoms with E-state index in [4.69, 9.17) is 19.8 Å². The number of hydrogen-bond donors (Lipinski definition) is 3. The van der Waals surface area contributed by atoms with Crippen LogP contribution in [-0.2, 0) is 24.4 Å². The number of benzene rings is 2. The molecule has 3 N–H and O–H groups in total. The molecule has 0 aliphatic heterocycles. The van der Waals surface area contributed by atoms with Gasteiger partial charge in [0.2, 0.25) is 11.8 Å². The minimum Gasteiger partial charge on any atom is -0.494 e. The van der Waals surface area contributed by atoms with Crippen LogP contribution in [0.25, 0.3) is 21.5 Å². The molecule has 0 atom stereocenters. The largest absolute Gasteiger partial charge is 0.494 e. The van der Waals surface area contributed by atoms with Crippen LogP contribution in [0.1, 0.15) is 11.4 Å². The highest BCUT2D eigenvalue weighted by atomic mass is 16.5. The van der Waals surface area contributed by atoms with Crippen LogP contribution in [0.3, 0.4) is 0 Å². The molecule has 188 valence electrons. The molecule has 37 heavy (non-hydrogen) atoms. The molecule has 9 heteroatoms. The first-order chi connectivity index (χ1) is 18.2. The lowest BCUT2D eigenvalue weighted by Crippen LogP contribution is -2.17. The number of aromatic nitrogens is 3. The fourth-order valence-electron chi connectivity index (χ4n) is 4.34. The van der Waals surface area contributed by atoms with Gasteiger partial charge in [-0.25, -0.2) is 0 Å². The SMILES string of the molecule is OCCOCCn1c(O)c2ccc(=NCc3ccccn3)c3c(=NCc4ccccn4)ccc(c1O)c23. The van der Waals surface area contributed by atoms with Gasteiger partial charge >= 0.3 is 0 Å². The maximum Gasteiger partial charge on any atom is 0.201 e. The molecule has 0 radical (unpaired) electrons. The molecule has 0 amide bonds. The lowest BCUT2D eigenvalue weighted by Gasteiger charge is -2.18. The molecule has 0 spiro atoms. The van der Waals surface area contributed by atoms with Gasteiger partial charge in [-0.3, -0.25) is 24.5 Å². The third-order valence-corrected chi connectivity index (χ3v) is 6.08. The Morgan fingerprint density at radius 1 is 0.703 bits per heavy atom. The van der Waals surface area contributed by atoms with Gasteiger partial charge in [0, 0.05) is 33.9 Å². The molecule has 0 bridgehead atoms. The Bertz CT molecular complexity index is 1520. The predicted molar refractivity (Wildman–Crippen MR) is 139 cm³/mol. The molecule has 0 unspecified atom stereocenters. The van der Waals surface area contributed by atoms with Crippen molar-refractivity contribution in [3.8, 4) is 11.8 Å². The third-order valence-electron chi connectivity index (χ3n) is 6.08. The zero-order chi connectivity index (χ0) is 25.6. The molecule has 3 aromatic heterocycles. The zero-order valence-electron chi connectivity index (χ0n) is 20.2. The minimum atomic E-state index is -0.0942. The van der Waals surface area contributed by atoms with Crippen molar-refractivity contribution >= 4 is 21.5 Å². The molecule has 0 fully saturated rings. The predicted octanol–water partition coefficient (Wildman–Crippen LogP) is 2.64. The average Bonchev–Trinajstić information content (AvgIpc) is 2.94. The molecule has 5 rings (SSSR count). The van der Waals surface area contributed by atoms with Crippen LogP contribution < -0.4 is 10.7 Å². The van der Waals surface area contributed by atoms with Crippen molar-refractivity contribution in [2.24, 2.45) is 9.98 Å². The van der Waals surface area contributed by atoms with E-state index in [0.717, 1.165) is 16.8 Å². The number of pyridine rings is 3. The topological polar surface area (TPSA) is 125 Å². The van der Waals surface area contributed by atoms with Crippen molar-refractivity contribution in [3.63, 3.8) is 0 Å². The summed E-state index contributed by atoms with van der Waals surface area (Å²) in [4.78, 5) is 18.4. The monoisotopic (exact) mass is 497 g/mol. The third kappa shape index (κ3) is 5.13. The second-order valence-corrected chi connectivity index (χ2v) is 8.42. The van der Waals surface area contributed by atoms with E-state index >= 15 is 0 Å². The van der Waals surface area contributed by atoms with E-state index in [1.54, 1.807) is 24.5 Å². The molecular weight excluding hydrogens is 470 g/mol. The summed E-state index contributed by atoms with van der Waals surface area (Å²) in [6.45, 7) is 1.28. The molecule has 9 nitrogen and oxygen atoms in total. The molecule has 0 aliphatic rings. The maximum absolute atomic E-state index is 11.1. The first kappa shape index (κ1) is 24.4. The Labute approximate surface area is 212 Å². The lowest BCUT2D eigenvalue weighted by molar-refractivity contribution is 0.0848. The summed E-state index contributed by atoms with van der Waals surface area (Å²) < 4.78 is 6.75. The number of aromatic hydroxyl groups is 2.